The SMILES string of the molecule is COc1ccc(F)cc1S(=O)(=O)NCCN1CCCC1c1ccc2c(c1)OCCO2. The number of rotatable bonds is 7. The Labute approximate surface area is 175 Å². The summed E-state index contributed by atoms with van der Waals surface area (Å²) in [4.78, 5) is 2.05. The van der Waals surface area contributed by atoms with Crippen LogP contribution in [0.25, 0.3) is 0 Å². The van der Waals surface area contributed by atoms with E-state index < -0.39 is 15.8 Å². The molecule has 1 atom stereocenters. The van der Waals surface area contributed by atoms with Crippen molar-refractivity contribution in [2.75, 3.05) is 40.0 Å². The van der Waals surface area contributed by atoms with Gasteiger partial charge in [-0.3, -0.25) is 4.90 Å². The van der Waals surface area contributed by atoms with Crippen LogP contribution in [0, 0.1) is 5.82 Å². The van der Waals surface area contributed by atoms with Gasteiger partial charge in [0.2, 0.25) is 10.0 Å². The number of ether oxygens (including phenoxy) is 3. The molecule has 2 aromatic rings. The lowest BCUT2D eigenvalue weighted by Crippen LogP contribution is -2.35. The Balaban J connectivity index is 1.42. The summed E-state index contributed by atoms with van der Waals surface area (Å²) in [5.41, 5.74) is 1.13. The van der Waals surface area contributed by atoms with Gasteiger partial charge >= 0.3 is 0 Å². The third-order valence-corrected chi connectivity index (χ3v) is 6.90. The van der Waals surface area contributed by atoms with Gasteiger partial charge in [-0.2, -0.15) is 0 Å². The number of hydrogen-bond acceptors (Lipinski definition) is 6. The highest BCUT2D eigenvalue weighted by Crippen LogP contribution is 2.37. The Morgan fingerprint density at radius 1 is 1.17 bits per heavy atom. The van der Waals surface area contributed by atoms with E-state index in [-0.39, 0.29) is 23.2 Å². The van der Waals surface area contributed by atoms with Crippen LogP contribution in [0.2, 0.25) is 0 Å². The topological polar surface area (TPSA) is 77.1 Å². The number of fused-ring (bicyclic) bond motifs is 1. The van der Waals surface area contributed by atoms with Crippen LogP contribution >= 0.6 is 0 Å². The van der Waals surface area contributed by atoms with Gasteiger partial charge in [0.1, 0.15) is 29.7 Å². The summed E-state index contributed by atoms with van der Waals surface area (Å²) >= 11 is 0. The summed E-state index contributed by atoms with van der Waals surface area (Å²) in [7, 11) is -2.53. The molecular weight excluding hydrogens is 411 g/mol. The van der Waals surface area contributed by atoms with E-state index in [4.69, 9.17) is 14.2 Å². The molecule has 162 valence electrons. The Kier molecular flexibility index (Phi) is 6.12. The average Bonchev–Trinajstić information content (AvgIpc) is 3.22. The number of halogens is 1. The highest BCUT2D eigenvalue weighted by atomic mass is 32.2. The molecule has 9 heteroatoms. The zero-order valence-corrected chi connectivity index (χ0v) is 17.6. The van der Waals surface area contributed by atoms with Gasteiger partial charge in [-0.15, -0.1) is 0 Å². The monoisotopic (exact) mass is 436 g/mol. The lowest BCUT2D eigenvalue weighted by atomic mass is 10.0. The van der Waals surface area contributed by atoms with Crippen LogP contribution in [0.3, 0.4) is 0 Å². The van der Waals surface area contributed by atoms with Crippen molar-refractivity contribution in [1.29, 1.82) is 0 Å². The lowest BCUT2D eigenvalue weighted by molar-refractivity contribution is 0.170. The van der Waals surface area contributed by atoms with Gasteiger partial charge in [0.25, 0.3) is 0 Å². The quantitative estimate of drug-likeness (QED) is 0.719. The van der Waals surface area contributed by atoms with E-state index >= 15 is 0 Å². The van der Waals surface area contributed by atoms with Crippen LogP contribution < -0.4 is 18.9 Å². The highest BCUT2D eigenvalue weighted by Gasteiger charge is 2.28. The third kappa shape index (κ3) is 4.38. The smallest absolute Gasteiger partial charge is 0.244 e. The molecule has 7 nitrogen and oxygen atoms in total. The summed E-state index contributed by atoms with van der Waals surface area (Å²) < 4.78 is 57.8. The van der Waals surface area contributed by atoms with E-state index in [1.165, 1.54) is 19.2 Å². The number of likely N-dealkylation sites (tertiary alicyclic amines) is 1. The number of nitrogens with one attached hydrogen (secondary N) is 1. The lowest BCUT2D eigenvalue weighted by Gasteiger charge is -2.26. The zero-order chi connectivity index (χ0) is 21.1. The van der Waals surface area contributed by atoms with Gasteiger partial charge in [-0.05, 0) is 55.3 Å². The molecule has 4 rings (SSSR count). The average molecular weight is 437 g/mol. The Morgan fingerprint density at radius 3 is 2.77 bits per heavy atom. The van der Waals surface area contributed by atoms with E-state index in [1.807, 2.05) is 18.2 Å². The normalized spacial score (nSPS) is 19.1. The number of nitrogens with zero attached hydrogens (tertiary/aromatic N) is 1. The zero-order valence-electron chi connectivity index (χ0n) is 16.8. The Hall–Kier alpha value is -2.36. The number of sulfonamides is 1. The van der Waals surface area contributed by atoms with E-state index in [2.05, 4.69) is 9.62 Å². The molecule has 1 unspecified atom stereocenters. The molecule has 0 amide bonds. The van der Waals surface area contributed by atoms with Gasteiger partial charge in [-0.25, -0.2) is 17.5 Å². The van der Waals surface area contributed by atoms with E-state index in [1.54, 1.807) is 0 Å². The van der Waals surface area contributed by atoms with Crippen LogP contribution in [-0.4, -0.2) is 53.3 Å². The molecule has 0 aromatic heterocycles. The first-order valence-electron chi connectivity index (χ1n) is 9.95. The first-order chi connectivity index (χ1) is 14.5. The van der Waals surface area contributed by atoms with Gasteiger partial charge < -0.3 is 14.2 Å². The van der Waals surface area contributed by atoms with Gasteiger partial charge in [0, 0.05) is 19.1 Å². The minimum absolute atomic E-state index is 0.110. The fourth-order valence-electron chi connectivity index (χ4n) is 4.00. The van der Waals surface area contributed by atoms with Crippen LogP contribution in [0.4, 0.5) is 4.39 Å². The summed E-state index contributed by atoms with van der Waals surface area (Å²) in [5.74, 6) is 0.990. The molecule has 2 heterocycles. The Bertz CT molecular complexity index is 1010. The minimum Gasteiger partial charge on any atom is -0.495 e. The van der Waals surface area contributed by atoms with E-state index in [9.17, 15) is 12.8 Å². The molecular formula is C21H25FN2O5S. The van der Waals surface area contributed by atoms with Crippen molar-refractivity contribution in [1.82, 2.24) is 9.62 Å². The number of benzene rings is 2. The minimum atomic E-state index is -3.89. The molecule has 0 bridgehead atoms. The molecule has 2 aliphatic rings. The molecule has 1 saturated heterocycles. The van der Waals surface area contributed by atoms with E-state index in [0.29, 0.717) is 19.8 Å². The van der Waals surface area contributed by atoms with Crippen molar-refractivity contribution in [3.8, 4) is 17.2 Å². The van der Waals surface area contributed by atoms with Crippen molar-refractivity contribution < 1.29 is 27.0 Å². The number of hydrogen-bond donors (Lipinski definition) is 1. The van der Waals surface area contributed by atoms with E-state index in [0.717, 1.165) is 42.5 Å². The second-order valence-electron chi connectivity index (χ2n) is 7.29. The first-order valence-corrected chi connectivity index (χ1v) is 11.4. The van der Waals surface area contributed by atoms with Crippen LogP contribution in [0.1, 0.15) is 24.4 Å². The van der Waals surface area contributed by atoms with Gasteiger partial charge in [0.05, 0.1) is 7.11 Å². The van der Waals surface area contributed by atoms with Gasteiger partial charge in [0.15, 0.2) is 11.5 Å². The maximum atomic E-state index is 13.6. The molecule has 0 radical (unpaired) electrons. The summed E-state index contributed by atoms with van der Waals surface area (Å²) in [6, 6.07) is 9.61. The third-order valence-electron chi connectivity index (χ3n) is 5.42. The number of methoxy groups -OCH3 is 1. The molecule has 0 spiro atoms. The molecule has 30 heavy (non-hydrogen) atoms. The summed E-state index contributed by atoms with van der Waals surface area (Å²) in [6.07, 6.45) is 2.02. The fraction of sp³-hybridized carbons (Fsp3) is 0.429. The predicted molar refractivity (Wildman–Crippen MR) is 109 cm³/mol. The van der Waals surface area contributed by atoms with Crippen molar-refractivity contribution in [2.24, 2.45) is 0 Å². The molecule has 1 N–H and O–H groups in total. The standard InChI is InChI=1S/C21H25FN2O5S/c1-27-19-7-5-16(22)14-21(19)30(25,26)23-8-10-24-9-2-3-17(24)15-4-6-18-20(13-15)29-12-11-28-18/h4-7,13-14,17,23H,2-3,8-12H2,1H3. The largest absolute Gasteiger partial charge is 0.495 e. The van der Waals surface area contributed by atoms with Gasteiger partial charge in [-0.1, -0.05) is 6.07 Å². The van der Waals surface area contributed by atoms with Crippen molar-refractivity contribution in [3.05, 3.63) is 47.8 Å². The maximum Gasteiger partial charge on any atom is 0.244 e. The fourth-order valence-corrected chi connectivity index (χ4v) is 5.20. The van der Waals surface area contributed by atoms with Crippen molar-refractivity contribution >= 4 is 10.0 Å². The molecule has 0 saturated carbocycles. The van der Waals surface area contributed by atoms with Crippen LogP contribution in [0.5, 0.6) is 17.2 Å². The van der Waals surface area contributed by atoms with Crippen LogP contribution in [0.15, 0.2) is 41.3 Å². The first kappa shape index (κ1) is 20.9. The molecule has 2 aromatic carbocycles. The summed E-state index contributed by atoms with van der Waals surface area (Å²) in [6.45, 7) is 2.72. The Morgan fingerprint density at radius 2 is 1.97 bits per heavy atom. The molecule has 2 aliphatic heterocycles. The van der Waals surface area contributed by atoms with Crippen LogP contribution in [-0.2, 0) is 10.0 Å². The second-order valence-corrected chi connectivity index (χ2v) is 9.03. The second kappa shape index (κ2) is 8.79. The molecule has 1 fully saturated rings. The van der Waals surface area contributed by atoms with Crippen molar-refractivity contribution in [2.45, 2.75) is 23.8 Å². The molecule has 0 aliphatic carbocycles. The van der Waals surface area contributed by atoms with Crippen molar-refractivity contribution in [3.63, 3.8) is 0 Å². The maximum absolute atomic E-state index is 13.6. The predicted octanol–water partition coefficient (Wildman–Crippen LogP) is 2.72. The highest BCUT2D eigenvalue weighted by molar-refractivity contribution is 7.89. The summed E-state index contributed by atoms with van der Waals surface area (Å²) in [5, 5.41) is 0.